The largest absolute Gasteiger partial charge is 0.460 e. The molecule has 1 aliphatic rings. The van der Waals surface area contributed by atoms with Crippen LogP contribution in [0.15, 0.2) is 12.0 Å². The van der Waals surface area contributed by atoms with E-state index in [0.717, 1.165) is 0 Å². The molecular weight excluding hydrogens is 160 g/mol. The van der Waals surface area contributed by atoms with E-state index in [2.05, 4.69) is 0 Å². The molecule has 0 fully saturated rings. The average Bonchev–Trinajstić information content (AvgIpc) is 2.31. The highest BCUT2D eigenvalue weighted by molar-refractivity contribution is 5.86. The van der Waals surface area contributed by atoms with Gasteiger partial charge in [-0.3, -0.25) is 0 Å². The lowest BCUT2D eigenvalue weighted by molar-refractivity contribution is -0.153. The van der Waals surface area contributed by atoms with E-state index < -0.39 is 11.8 Å². The molecule has 12 heavy (non-hydrogen) atoms. The Morgan fingerprint density at radius 2 is 2.33 bits per heavy atom. The van der Waals surface area contributed by atoms with Crippen LogP contribution in [-0.4, -0.2) is 18.4 Å². The van der Waals surface area contributed by atoms with E-state index in [-0.39, 0.29) is 5.76 Å². The minimum atomic E-state index is -0.748. The highest BCUT2D eigenvalue weighted by atomic mass is 16.7. The van der Waals surface area contributed by atoms with Crippen LogP contribution in [0.5, 0.6) is 0 Å². The quantitative estimate of drug-likeness (QED) is 0.586. The molecule has 0 bridgehead atoms. The first kappa shape index (κ1) is 8.90. The first-order valence-electron chi connectivity index (χ1n) is 3.79. The van der Waals surface area contributed by atoms with Gasteiger partial charge in [-0.1, -0.05) is 0 Å². The van der Waals surface area contributed by atoms with Crippen molar-refractivity contribution < 1.29 is 19.0 Å². The van der Waals surface area contributed by atoms with Gasteiger partial charge in [-0.25, -0.2) is 4.79 Å². The van der Waals surface area contributed by atoms with Crippen molar-refractivity contribution in [3.05, 3.63) is 12.0 Å². The maximum atomic E-state index is 11.0. The van der Waals surface area contributed by atoms with Gasteiger partial charge in [-0.2, -0.15) is 0 Å². The highest BCUT2D eigenvalue weighted by Gasteiger charge is 2.31. The zero-order valence-corrected chi connectivity index (χ0v) is 7.42. The number of carbonyl (C=O) groups excluding carboxylic acids is 1. The average molecular weight is 172 g/mol. The van der Waals surface area contributed by atoms with Gasteiger partial charge in [0.1, 0.15) is 6.26 Å². The van der Waals surface area contributed by atoms with E-state index >= 15 is 0 Å². The van der Waals surface area contributed by atoms with Gasteiger partial charge in [0.2, 0.25) is 11.5 Å². The minimum Gasteiger partial charge on any atom is -0.460 e. The molecule has 0 amide bonds. The van der Waals surface area contributed by atoms with Crippen molar-refractivity contribution in [3.8, 4) is 0 Å². The van der Waals surface area contributed by atoms with E-state index in [0.29, 0.717) is 6.61 Å². The number of hydrogen-bond acceptors (Lipinski definition) is 4. The van der Waals surface area contributed by atoms with Gasteiger partial charge in [0.25, 0.3) is 0 Å². The zero-order valence-electron chi connectivity index (χ0n) is 7.42. The minimum absolute atomic E-state index is 0.127. The molecule has 0 N–H and O–H groups in total. The van der Waals surface area contributed by atoms with E-state index in [1.54, 1.807) is 20.8 Å². The third-order valence-electron chi connectivity index (χ3n) is 1.28. The summed E-state index contributed by atoms with van der Waals surface area (Å²) in [5, 5.41) is 0. The molecule has 0 radical (unpaired) electrons. The first-order valence-corrected chi connectivity index (χ1v) is 3.79. The van der Waals surface area contributed by atoms with E-state index in [1.807, 2.05) is 0 Å². The van der Waals surface area contributed by atoms with Crippen molar-refractivity contribution in [3.63, 3.8) is 0 Å². The molecule has 0 aromatic heterocycles. The van der Waals surface area contributed by atoms with Crippen LogP contribution in [-0.2, 0) is 19.0 Å². The van der Waals surface area contributed by atoms with Crippen LogP contribution >= 0.6 is 0 Å². The number of carbonyl (C=O) groups is 1. The SMILES string of the molecule is CCOC(=O)C1=COC(C)(C)O1. The van der Waals surface area contributed by atoms with Gasteiger partial charge in [-0.05, 0) is 6.92 Å². The summed E-state index contributed by atoms with van der Waals surface area (Å²) in [4.78, 5) is 11.0. The molecular formula is C8H12O4. The molecule has 0 aromatic rings. The normalized spacial score (nSPS) is 19.1. The van der Waals surface area contributed by atoms with Gasteiger partial charge in [0, 0.05) is 13.8 Å². The second kappa shape index (κ2) is 3.05. The molecule has 0 atom stereocenters. The first-order chi connectivity index (χ1) is 5.55. The van der Waals surface area contributed by atoms with Crippen molar-refractivity contribution >= 4 is 5.97 Å². The summed E-state index contributed by atoms with van der Waals surface area (Å²) >= 11 is 0. The van der Waals surface area contributed by atoms with Crippen molar-refractivity contribution in [2.45, 2.75) is 26.6 Å². The Balaban J connectivity index is 2.51. The monoisotopic (exact) mass is 172 g/mol. The predicted molar refractivity (Wildman–Crippen MR) is 41.0 cm³/mol. The summed E-state index contributed by atoms with van der Waals surface area (Å²) in [6.07, 6.45) is 1.28. The van der Waals surface area contributed by atoms with Gasteiger partial charge in [0.15, 0.2) is 0 Å². The van der Waals surface area contributed by atoms with E-state index in [1.165, 1.54) is 6.26 Å². The van der Waals surface area contributed by atoms with Crippen LogP contribution in [0.3, 0.4) is 0 Å². The lowest BCUT2D eigenvalue weighted by Gasteiger charge is -2.17. The zero-order chi connectivity index (χ0) is 9.19. The molecule has 4 nitrogen and oxygen atoms in total. The van der Waals surface area contributed by atoms with Gasteiger partial charge in [-0.15, -0.1) is 0 Å². The second-order valence-corrected chi connectivity index (χ2v) is 2.82. The van der Waals surface area contributed by atoms with Crippen LogP contribution in [0.2, 0.25) is 0 Å². The molecule has 0 spiro atoms. The lowest BCUT2D eigenvalue weighted by Crippen LogP contribution is -2.22. The predicted octanol–water partition coefficient (Wildman–Crippen LogP) is 1.17. The summed E-state index contributed by atoms with van der Waals surface area (Å²) < 4.78 is 14.9. The summed E-state index contributed by atoms with van der Waals surface area (Å²) in [5.74, 6) is -1.10. The Kier molecular flexibility index (Phi) is 2.26. The Hall–Kier alpha value is -1.19. The highest BCUT2D eigenvalue weighted by Crippen LogP contribution is 2.24. The Labute approximate surface area is 71.1 Å². The van der Waals surface area contributed by atoms with Crippen LogP contribution in [0.4, 0.5) is 0 Å². The van der Waals surface area contributed by atoms with Crippen LogP contribution < -0.4 is 0 Å². The molecule has 1 aliphatic heterocycles. The Morgan fingerprint density at radius 3 is 2.75 bits per heavy atom. The maximum Gasteiger partial charge on any atom is 0.377 e. The van der Waals surface area contributed by atoms with Crippen molar-refractivity contribution in [1.29, 1.82) is 0 Å². The number of ether oxygens (including phenoxy) is 3. The molecule has 0 aromatic carbocycles. The molecule has 1 heterocycles. The van der Waals surface area contributed by atoms with Crippen LogP contribution in [0.1, 0.15) is 20.8 Å². The third-order valence-corrected chi connectivity index (χ3v) is 1.28. The topological polar surface area (TPSA) is 44.8 Å². The standard InChI is InChI=1S/C8H12O4/c1-4-10-7(9)6-5-11-8(2,3)12-6/h5H,4H2,1-3H3. The molecule has 0 saturated heterocycles. The smallest absolute Gasteiger partial charge is 0.377 e. The summed E-state index contributed by atoms with van der Waals surface area (Å²) in [6, 6.07) is 0. The molecule has 0 saturated carbocycles. The summed E-state index contributed by atoms with van der Waals surface area (Å²) in [6.45, 7) is 5.50. The Morgan fingerprint density at radius 1 is 1.67 bits per heavy atom. The molecule has 68 valence electrons. The van der Waals surface area contributed by atoms with Gasteiger partial charge < -0.3 is 14.2 Å². The number of hydrogen-bond donors (Lipinski definition) is 0. The summed E-state index contributed by atoms with van der Waals surface area (Å²) in [5.41, 5.74) is 0. The second-order valence-electron chi connectivity index (χ2n) is 2.82. The lowest BCUT2D eigenvalue weighted by atomic mass is 10.4. The molecule has 0 unspecified atom stereocenters. The fourth-order valence-corrected chi connectivity index (χ4v) is 0.800. The number of esters is 1. The maximum absolute atomic E-state index is 11.0. The fraction of sp³-hybridized carbons (Fsp3) is 0.625. The van der Waals surface area contributed by atoms with Gasteiger partial charge in [0.05, 0.1) is 6.61 Å². The Bertz CT molecular complexity index is 217. The molecule has 4 heteroatoms. The molecule has 0 aliphatic carbocycles. The number of rotatable bonds is 2. The van der Waals surface area contributed by atoms with Crippen LogP contribution in [0, 0.1) is 0 Å². The molecule has 1 rings (SSSR count). The fourth-order valence-electron chi connectivity index (χ4n) is 0.800. The van der Waals surface area contributed by atoms with E-state index in [4.69, 9.17) is 14.2 Å². The van der Waals surface area contributed by atoms with E-state index in [9.17, 15) is 4.79 Å². The van der Waals surface area contributed by atoms with Gasteiger partial charge >= 0.3 is 5.97 Å². The third kappa shape index (κ3) is 1.90. The van der Waals surface area contributed by atoms with Crippen molar-refractivity contribution in [1.82, 2.24) is 0 Å². The van der Waals surface area contributed by atoms with Crippen molar-refractivity contribution in [2.24, 2.45) is 0 Å². The summed E-state index contributed by atoms with van der Waals surface area (Å²) in [7, 11) is 0. The van der Waals surface area contributed by atoms with Crippen LogP contribution in [0.25, 0.3) is 0 Å². The van der Waals surface area contributed by atoms with Crippen molar-refractivity contribution in [2.75, 3.05) is 6.61 Å².